The van der Waals surface area contributed by atoms with E-state index in [0.717, 1.165) is 4.57 Å². The molecule has 0 atom stereocenters. The van der Waals surface area contributed by atoms with Crippen molar-refractivity contribution in [3.05, 3.63) is 32.6 Å². The second-order valence-corrected chi connectivity index (χ2v) is 5.19. The second-order valence-electron chi connectivity index (χ2n) is 5.19. The van der Waals surface area contributed by atoms with Crippen molar-refractivity contribution in [2.75, 3.05) is 13.1 Å². The maximum absolute atomic E-state index is 12.1. The number of aromatic amines is 1. The van der Waals surface area contributed by atoms with E-state index in [0.29, 0.717) is 31.5 Å². The summed E-state index contributed by atoms with van der Waals surface area (Å²) in [6.45, 7) is 2.13. The SMILES string of the molecule is Cc1cn(CC(=O)N2CCC(C(=O)O)CC2)c(=O)[nH]c1=O. The highest BCUT2D eigenvalue weighted by Gasteiger charge is 2.27. The highest BCUT2D eigenvalue weighted by molar-refractivity contribution is 5.76. The molecule has 1 aliphatic rings. The van der Waals surface area contributed by atoms with E-state index in [2.05, 4.69) is 4.98 Å². The summed E-state index contributed by atoms with van der Waals surface area (Å²) in [5.74, 6) is -1.51. The Balaban J connectivity index is 2.03. The van der Waals surface area contributed by atoms with Crippen molar-refractivity contribution in [2.24, 2.45) is 5.92 Å². The molecule has 1 saturated heterocycles. The second kappa shape index (κ2) is 5.94. The highest BCUT2D eigenvalue weighted by atomic mass is 16.4. The number of nitrogens with one attached hydrogen (secondary N) is 1. The number of aromatic nitrogens is 2. The van der Waals surface area contributed by atoms with E-state index in [9.17, 15) is 19.2 Å². The number of aryl methyl sites for hydroxylation is 1. The lowest BCUT2D eigenvalue weighted by atomic mass is 9.97. The van der Waals surface area contributed by atoms with Gasteiger partial charge in [-0.3, -0.25) is 23.9 Å². The van der Waals surface area contributed by atoms with Crippen molar-refractivity contribution in [3.63, 3.8) is 0 Å². The number of nitrogens with zero attached hydrogens (tertiary/aromatic N) is 2. The van der Waals surface area contributed by atoms with Crippen LogP contribution in [0.2, 0.25) is 0 Å². The molecule has 0 aromatic carbocycles. The lowest BCUT2D eigenvalue weighted by Crippen LogP contribution is -2.43. The van der Waals surface area contributed by atoms with Crippen molar-refractivity contribution < 1.29 is 14.7 Å². The summed E-state index contributed by atoms with van der Waals surface area (Å²) in [6.07, 6.45) is 2.18. The third kappa shape index (κ3) is 3.39. The van der Waals surface area contributed by atoms with Crippen molar-refractivity contribution in [1.82, 2.24) is 14.5 Å². The standard InChI is InChI=1S/C13H17N3O5/c1-8-6-16(13(21)14-11(8)18)7-10(17)15-4-2-9(3-5-15)12(19)20/h6,9H,2-5,7H2,1H3,(H,19,20)(H,14,18,21). The van der Waals surface area contributed by atoms with Crippen molar-refractivity contribution >= 4 is 11.9 Å². The summed E-state index contributed by atoms with van der Waals surface area (Å²) < 4.78 is 1.16. The fourth-order valence-electron chi connectivity index (χ4n) is 2.36. The minimum absolute atomic E-state index is 0.159. The van der Waals surface area contributed by atoms with Gasteiger partial charge >= 0.3 is 11.7 Å². The Morgan fingerprint density at radius 2 is 1.95 bits per heavy atom. The first-order valence-electron chi connectivity index (χ1n) is 6.69. The molecule has 0 radical (unpaired) electrons. The third-order valence-electron chi connectivity index (χ3n) is 3.69. The van der Waals surface area contributed by atoms with Gasteiger partial charge in [0, 0.05) is 24.8 Å². The molecule has 2 rings (SSSR count). The zero-order valence-corrected chi connectivity index (χ0v) is 11.7. The molecule has 1 aliphatic heterocycles. The fraction of sp³-hybridized carbons (Fsp3) is 0.538. The van der Waals surface area contributed by atoms with Gasteiger partial charge in [0.05, 0.1) is 5.92 Å². The summed E-state index contributed by atoms with van der Waals surface area (Å²) >= 11 is 0. The summed E-state index contributed by atoms with van der Waals surface area (Å²) in [5.41, 5.74) is -0.739. The predicted octanol–water partition coefficient (Wildman–Crippen LogP) is -0.832. The molecule has 0 aliphatic carbocycles. The number of likely N-dealkylation sites (tertiary alicyclic amines) is 1. The zero-order valence-electron chi connectivity index (χ0n) is 11.7. The minimum Gasteiger partial charge on any atom is -0.481 e. The molecule has 2 heterocycles. The molecule has 1 aromatic heterocycles. The molecule has 0 unspecified atom stereocenters. The van der Waals surface area contributed by atoms with Gasteiger partial charge in [0.2, 0.25) is 5.91 Å². The minimum atomic E-state index is -0.838. The van der Waals surface area contributed by atoms with Gasteiger partial charge in [-0.25, -0.2) is 4.79 Å². The van der Waals surface area contributed by atoms with Crippen LogP contribution < -0.4 is 11.2 Å². The number of piperidine rings is 1. The summed E-state index contributed by atoms with van der Waals surface area (Å²) in [7, 11) is 0. The van der Waals surface area contributed by atoms with Crippen LogP contribution in [0.25, 0.3) is 0 Å². The van der Waals surface area contributed by atoms with Gasteiger partial charge in [-0.2, -0.15) is 0 Å². The Bertz CT molecular complexity index is 667. The third-order valence-corrected chi connectivity index (χ3v) is 3.69. The maximum atomic E-state index is 12.1. The van der Waals surface area contributed by atoms with Crippen LogP contribution >= 0.6 is 0 Å². The van der Waals surface area contributed by atoms with Crippen LogP contribution in [0, 0.1) is 12.8 Å². The molecule has 0 bridgehead atoms. The van der Waals surface area contributed by atoms with E-state index in [1.807, 2.05) is 0 Å². The van der Waals surface area contributed by atoms with Gasteiger partial charge in [0.15, 0.2) is 0 Å². The molecule has 0 spiro atoms. The summed E-state index contributed by atoms with van der Waals surface area (Å²) in [5, 5.41) is 8.91. The molecule has 1 aromatic rings. The Morgan fingerprint density at radius 3 is 2.52 bits per heavy atom. The number of hydrogen-bond acceptors (Lipinski definition) is 4. The van der Waals surface area contributed by atoms with Gasteiger partial charge in [0.1, 0.15) is 6.54 Å². The average molecular weight is 295 g/mol. The van der Waals surface area contributed by atoms with Crippen molar-refractivity contribution in [2.45, 2.75) is 26.3 Å². The van der Waals surface area contributed by atoms with Crippen LogP contribution in [-0.4, -0.2) is 44.5 Å². The van der Waals surface area contributed by atoms with Gasteiger partial charge in [-0.05, 0) is 19.8 Å². The molecule has 2 N–H and O–H groups in total. The molecule has 114 valence electrons. The van der Waals surface area contributed by atoms with Crippen LogP contribution in [0.1, 0.15) is 18.4 Å². The van der Waals surface area contributed by atoms with Crippen LogP contribution in [0.3, 0.4) is 0 Å². The van der Waals surface area contributed by atoms with E-state index in [-0.39, 0.29) is 12.5 Å². The van der Waals surface area contributed by atoms with E-state index >= 15 is 0 Å². The van der Waals surface area contributed by atoms with Gasteiger partial charge in [-0.1, -0.05) is 0 Å². The largest absolute Gasteiger partial charge is 0.481 e. The Hall–Kier alpha value is -2.38. The van der Waals surface area contributed by atoms with E-state index < -0.39 is 23.1 Å². The first-order valence-corrected chi connectivity index (χ1v) is 6.69. The summed E-state index contributed by atoms with van der Waals surface area (Å²) in [4.78, 5) is 49.5. The van der Waals surface area contributed by atoms with Gasteiger partial charge < -0.3 is 10.0 Å². The van der Waals surface area contributed by atoms with Crippen molar-refractivity contribution in [3.8, 4) is 0 Å². The molecule has 0 saturated carbocycles. The Kier molecular flexibility index (Phi) is 4.25. The fourth-order valence-corrected chi connectivity index (χ4v) is 2.36. The van der Waals surface area contributed by atoms with Crippen LogP contribution in [0.15, 0.2) is 15.8 Å². The monoisotopic (exact) mass is 295 g/mol. The smallest absolute Gasteiger partial charge is 0.328 e. The molecule has 1 amide bonds. The van der Waals surface area contributed by atoms with Gasteiger partial charge in [0.25, 0.3) is 5.56 Å². The number of carbonyl (C=O) groups is 2. The first-order chi connectivity index (χ1) is 9.88. The predicted molar refractivity (Wildman–Crippen MR) is 73.0 cm³/mol. The molecular formula is C13H17N3O5. The quantitative estimate of drug-likeness (QED) is 0.755. The number of hydrogen-bond donors (Lipinski definition) is 2. The molecule has 21 heavy (non-hydrogen) atoms. The van der Waals surface area contributed by atoms with Crippen LogP contribution in [0.5, 0.6) is 0 Å². The van der Waals surface area contributed by atoms with E-state index in [4.69, 9.17) is 5.11 Å². The van der Waals surface area contributed by atoms with Crippen LogP contribution in [-0.2, 0) is 16.1 Å². The topological polar surface area (TPSA) is 112 Å². The lowest BCUT2D eigenvalue weighted by Gasteiger charge is -2.30. The first kappa shape index (κ1) is 15.0. The number of amides is 1. The number of H-pyrrole nitrogens is 1. The maximum Gasteiger partial charge on any atom is 0.328 e. The highest BCUT2D eigenvalue weighted by Crippen LogP contribution is 2.17. The molecular weight excluding hydrogens is 278 g/mol. The molecule has 1 fully saturated rings. The number of aliphatic carboxylic acids is 1. The van der Waals surface area contributed by atoms with E-state index in [1.54, 1.807) is 11.8 Å². The van der Waals surface area contributed by atoms with Crippen LogP contribution in [0.4, 0.5) is 0 Å². The average Bonchev–Trinajstić information content (AvgIpc) is 2.44. The Morgan fingerprint density at radius 1 is 1.33 bits per heavy atom. The zero-order chi connectivity index (χ0) is 15.6. The summed E-state index contributed by atoms with van der Waals surface area (Å²) in [6, 6.07) is 0. The number of rotatable bonds is 3. The van der Waals surface area contributed by atoms with Gasteiger partial charge in [-0.15, -0.1) is 0 Å². The van der Waals surface area contributed by atoms with E-state index in [1.165, 1.54) is 6.20 Å². The normalized spacial score (nSPS) is 16.0. The Labute approximate surface area is 120 Å². The van der Waals surface area contributed by atoms with Crippen molar-refractivity contribution in [1.29, 1.82) is 0 Å². The number of carboxylic acid groups (broad SMARTS) is 1. The molecule has 8 nitrogen and oxygen atoms in total. The number of carbonyl (C=O) groups excluding carboxylic acids is 1. The number of carboxylic acids is 1. The molecule has 8 heteroatoms. The lowest BCUT2D eigenvalue weighted by molar-refractivity contribution is -0.145.